The van der Waals surface area contributed by atoms with Gasteiger partial charge in [-0.15, -0.1) is 0 Å². The first-order chi connectivity index (χ1) is 5.24. The molecule has 1 aromatic rings. The van der Waals surface area contributed by atoms with Crippen molar-refractivity contribution in [2.45, 2.75) is 5.75 Å². The number of carboxylic acids is 1. The second-order valence-corrected chi connectivity index (χ2v) is 2.14. The summed E-state index contributed by atoms with van der Waals surface area (Å²) in [6.07, 6.45) is 1.40. The van der Waals surface area contributed by atoms with Crippen molar-refractivity contribution >= 4 is 18.6 Å². The molecule has 4 nitrogen and oxygen atoms in total. The first-order valence-electron chi connectivity index (χ1n) is 2.90. The Hall–Kier alpha value is -1.10. The maximum Gasteiger partial charge on any atom is 0.354 e. The Bertz CT molecular complexity index is 277. The van der Waals surface area contributed by atoms with Crippen molar-refractivity contribution in [3.05, 3.63) is 23.8 Å². The summed E-state index contributed by atoms with van der Waals surface area (Å²) >= 11 is 3.91. The molecule has 5 heteroatoms. The normalized spacial score (nSPS) is 9.55. The molecule has 0 saturated heterocycles. The van der Waals surface area contributed by atoms with Crippen LogP contribution in [-0.2, 0) is 5.75 Å². The molecule has 0 spiro atoms. The van der Waals surface area contributed by atoms with Gasteiger partial charge in [0.2, 0.25) is 0 Å². The average molecular weight is 170 g/mol. The van der Waals surface area contributed by atoms with Crippen LogP contribution in [0.4, 0.5) is 0 Å². The lowest BCUT2D eigenvalue weighted by Gasteiger charge is -1.94. The van der Waals surface area contributed by atoms with Gasteiger partial charge in [0.05, 0.1) is 5.75 Å². The van der Waals surface area contributed by atoms with Crippen molar-refractivity contribution < 1.29 is 9.90 Å². The van der Waals surface area contributed by atoms with Crippen LogP contribution in [0.15, 0.2) is 12.3 Å². The summed E-state index contributed by atoms with van der Waals surface area (Å²) < 4.78 is 0. The van der Waals surface area contributed by atoms with Gasteiger partial charge in [-0.2, -0.15) is 12.6 Å². The predicted molar refractivity (Wildman–Crippen MR) is 41.7 cm³/mol. The highest BCUT2D eigenvalue weighted by Gasteiger charge is 2.03. The van der Waals surface area contributed by atoms with E-state index in [0.717, 1.165) is 0 Å². The SMILES string of the molecule is O=C(O)c1ccnc(CS)n1. The Morgan fingerprint density at radius 2 is 2.45 bits per heavy atom. The molecule has 0 aromatic carbocycles. The third kappa shape index (κ3) is 1.91. The number of carbonyl (C=O) groups is 1. The largest absolute Gasteiger partial charge is 0.477 e. The lowest BCUT2D eigenvalue weighted by Crippen LogP contribution is -2.03. The number of aromatic nitrogens is 2. The predicted octanol–water partition coefficient (Wildman–Crippen LogP) is 0.605. The minimum Gasteiger partial charge on any atom is -0.477 e. The maximum absolute atomic E-state index is 10.4. The van der Waals surface area contributed by atoms with Crippen molar-refractivity contribution in [3.63, 3.8) is 0 Å². The maximum atomic E-state index is 10.4. The molecule has 0 unspecified atom stereocenters. The quantitative estimate of drug-likeness (QED) is 0.638. The van der Waals surface area contributed by atoms with E-state index in [2.05, 4.69) is 22.6 Å². The molecule has 1 heterocycles. The van der Waals surface area contributed by atoms with Gasteiger partial charge in [0.25, 0.3) is 0 Å². The molecule has 0 atom stereocenters. The van der Waals surface area contributed by atoms with E-state index >= 15 is 0 Å². The molecule has 0 bridgehead atoms. The van der Waals surface area contributed by atoms with Gasteiger partial charge >= 0.3 is 5.97 Å². The molecule has 1 rings (SSSR count). The molecule has 11 heavy (non-hydrogen) atoms. The summed E-state index contributed by atoms with van der Waals surface area (Å²) in [7, 11) is 0. The van der Waals surface area contributed by atoms with Gasteiger partial charge < -0.3 is 5.11 Å². The fourth-order valence-corrected chi connectivity index (χ4v) is 0.747. The number of hydrogen-bond acceptors (Lipinski definition) is 4. The highest BCUT2D eigenvalue weighted by Crippen LogP contribution is 1.97. The summed E-state index contributed by atoms with van der Waals surface area (Å²) in [6, 6.07) is 1.34. The number of nitrogens with zero attached hydrogens (tertiary/aromatic N) is 2. The van der Waals surface area contributed by atoms with E-state index in [1.165, 1.54) is 12.3 Å². The number of carboxylic acid groups (broad SMARTS) is 1. The molecule has 0 aliphatic carbocycles. The van der Waals surface area contributed by atoms with Gasteiger partial charge in [-0.05, 0) is 6.07 Å². The molecule has 1 aromatic heterocycles. The third-order valence-electron chi connectivity index (χ3n) is 1.07. The van der Waals surface area contributed by atoms with Gasteiger partial charge in [-0.3, -0.25) is 0 Å². The zero-order valence-electron chi connectivity index (χ0n) is 5.56. The van der Waals surface area contributed by atoms with Crippen molar-refractivity contribution in [2.24, 2.45) is 0 Å². The van der Waals surface area contributed by atoms with Crippen LogP contribution in [0.1, 0.15) is 16.3 Å². The molecule has 0 amide bonds. The Kier molecular flexibility index (Phi) is 2.43. The first-order valence-corrected chi connectivity index (χ1v) is 3.53. The van der Waals surface area contributed by atoms with Crippen molar-refractivity contribution in [1.29, 1.82) is 0 Å². The standard InChI is InChI=1S/C6H6N2O2S/c9-6(10)4-1-2-7-5(3-11)8-4/h1-2,11H,3H2,(H,9,10). The Morgan fingerprint density at radius 1 is 1.73 bits per heavy atom. The number of rotatable bonds is 2. The average Bonchev–Trinajstić information content (AvgIpc) is 2.05. The fourth-order valence-electron chi connectivity index (χ4n) is 0.594. The lowest BCUT2D eigenvalue weighted by atomic mass is 10.4. The minimum atomic E-state index is -1.05. The Labute approximate surface area is 68.7 Å². The zero-order valence-corrected chi connectivity index (χ0v) is 6.45. The summed E-state index contributed by atoms with van der Waals surface area (Å²) in [5, 5.41) is 8.49. The van der Waals surface area contributed by atoms with E-state index in [0.29, 0.717) is 11.6 Å². The van der Waals surface area contributed by atoms with Crippen LogP contribution in [0, 0.1) is 0 Å². The topological polar surface area (TPSA) is 63.1 Å². The van der Waals surface area contributed by atoms with E-state index in [1.807, 2.05) is 0 Å². The highest BCUT2D eigenvalue weighted by molar-refractivity contribution is 7.79. The molecule has 0 fully saturated rings. The van der Waals surface area contributed by atoms with Crippen LogP contribution in [0.2, 0.25) is 0 Å². The molecule has 0 radical (unpaired) electrons. The number of hydrogen-bond donors (Lipinski definition) is 2. The molecule has 0 aliphatic rings. The van der Waals surface area contributed by atoms with E-state index < -0.39 is 5.97 Å². The van der Waals surface area contributed by atoms with E-state index in [9.17, 15) is 4.79 Å². The van der Waals surface area contributed by atoms with E-state index in [-0.39, 0.29) is 5.69 Å². The smallest absolute Gasteiger partial charge is 0.354 e. The van der Waals surface area contributed by atoms with Crippen molar-refractivity contribution in [1.82, 2.24) is 9.97 Å². The van der Waals surface area contributed by atoms with Crippen LogP contribution in [0.25, 0.3) is 0 Å². The lowest BCUT2D eigenvalue weighted by molar-refractivity contribution is 0.0690. The van der Waals surface area contributed by atoms with Gasteiger partial charge in [0.1, 0.15) is 5.82 Å². The Balaban J connectivity index is 3.01. The summed E-state index contributed by atoms with van der Waals surface area (Å²) in [6.45, 7) is 0. The number of aromatic carboxylic acids is 1. The van der Waals surface area contributed by atoms with Gasteiger partial charge in [-0.25, -0.2) is 14.8 Å². The van der Waals surface area contributed by atoms with Crippen LogP contribution in [-0.4, -0.2) is 21.0 Å². The molecular weight excluding hydrogens is 164 g/mol. The highest BCUT2D eigenvalue weighted by atomic mass is 32.1. The third-order valence-corrected chi connectivity index (χ3v) is 1.35. The molecular formula is C6H6N2O2S. The first kappa shape index (κ1) is 8.00. The van der Waals surface area contributed by atoms with Crippen molar-refractivity contribution in [3.8, 4) is 0 Å². The molecule has 1 N–H and O–H groups in total. The second-order valence-electron chi connectivity index (χ2n) is 1.82. The number of thiol groups is 1. The van der Waals surface area contributed by atoms with Gasteiger partial charge in [0.15, 0.2) is 5.69 Å². The summed E-state index contributed by atoms with van der Waals surface area (Å²) in [4.78, 5) is 17.8. The summed E-state index contributed by atoms with van der Waals surface area (Å²) in [5.74, 6) is -0.273. The van der Waals surface area contributed by atoms with Crippen LogP contribution >= 0.6 is 12.6 Å². The van der Waals surface area contributed by atoms with E-state index in [1.54, 1.807) is 0 Å². The second kappa shape index (κ2) is 3.34. The zero-order chi connectivity index (χ0) is 8.27. The molecule has 58 valence electrons. The van der Waals surface area contributed by atoms with Gasteiger partial charge in [0, 0.05) is 6.20 Å². The van der Waals surface area contributed by atoms with Crippen molar-refractivity contribution in [2.75, 3.05) is 0 Å². The Morgan fingerprint density at radius 3 is 3.00 bits per heavy atom. The van der Waals surface area contributed by atoms with Crippen LogP contribution in [0.5, 0.6) is 0 Å². The van der Waals surface area contributed by atoms with E-state index in [4.69, 9.17) is 5.11 Å². The van der Waals surface area contributed by atoms with Crippen LogP contribution < -0.4 is 0 Å². The molecule has 0 saturated carbocycles. The van der Waals surface area contributed by atoms with Gasteiger partial charge in [-0.1, -0.05) is 0 Å². The molecule has 0 aliphatic heterocycles. The minimum absolute atomic E-state index is 0.00375. The monoisotopic (exact) mass is 170 g/mol. The summed E-state index contributed by atoms with van der Waals surface area (Å²) in [5.41, 5.74) is 0.00375. The van der Waals surface area contributed by atoms with Crippen LogP contribution in [0.3, 0.4) is 0 Å². The fraction of sp³-hybridized carbons (Fsp3) is 0.167.